The lowest BCUT2D eigenvalue weighted by Crippen LogP contribution is -2.31. The molecule has 1 heterocycles. The minimum atomic E-state index is -0.502. The van der Waals surface area contributed by atoms with Crippen LogP contribution in [0.1, 0.15) is 16.7 Å². The molecule has 0 fully saturated rings. The van der Waals surface area contributed by atoms with Gasteiger partial charge in [0, 0.05) is 17.1 Å². The number of fused-ring (bicyclic) bond motifs is 1. The summed E-state index contributed by atoms with van der Waals surface area (Å²) >= 11 is 5.97. The molecule has 4 heteroatoms. The fourth-order valence-electron chi connectivity index (χ4n) is 2.58. The lowest BCUT2D eigenvalue weighted by atomic mass is 10.1. The molecule has 1 aliphatic rings. The number of anilines is 1. The van der Waals surface area contributed by atoms with Crippen molar-refractivity contribution in [2.75, 3.05) is 5.32 Å². The van der Waals surface area contributed by atoms with Crippen molar-refractivity contribution in [3.05, 3.63) is 58.1 Å². The number of amides is 1. The summed E-state index contributed by atoms with van der Waals surface area (Å²) in [6.45, 7) is 3.96. The van der Waals surface area contributed by atoms with Crippen molar-refractivity contribution in [3.8, 4) is 5.75 Å². The maximum atomic E-state index is 12.4. The molecule has 1 atom stereocenters. The molecule has 2 aromatic carbocycles. The molecule has 3 rings (SSSR count). The molecule has 0 saturated heterocycles. The summed E-state index contributed by atoms with van der Waals surface area (Å²) in [5.74, 6) is 0.612. The van der Waals surface area contributed by atoms with Gasteiger partial charge in [0.25, 0.3) is 5.91 Å². The Morgan fingerprint density at radius 3 is 2.67 bits per heavy atom. The smallest absolute Gasteiger partial charge is 0.265 e. The van der Waals surface area contributed by atoms with Crippen LogP contribution >= 0.6 is 11.6 Å². The van der Waals surface area contributed by atoms with Gasteiger partial charge in [0.1, 0.15) is 5.75 Å². The topological polar surface area (TPSA) is 38.3 Å². The Morgan fingerprint density at radius 2 is 1.95 bits per heavy atom. The Morgan fingerprint density at radius 1 is 1.24 bits per heavy atom. The standard InChI is InChI=1S/C17H16ClNO2/c1-10-4-3-5-11(2)16(10)19-17(20)15-9-12-8-13(18)6-7-14(12)21-15/h3-8,15H,9H2,1-2H3,(H,19,20). The highest BCUT2D eigenvalue weighted by atomic mass is 35.5. The predicted octanol–water partition coefficient (Wildman–Crippen LogP) is 3.90. The molecule has 2 aromatic rings. The van der Waals surface area contributed by atoms with Gasteiger partial charge in [0.15, 0.2) is 6.10 Å². The van der Waals surface area contributed by atoms with E-state index in [9.17, 15) is 4.79 Å². The van der Waals surface area contributed by atoms with E-state index in [-0.39, 0.29) is 5.91 Å². The van der Waals surface area contributed by atoms with Gasteiger partial charge >= 0.3 is 0 Å². The van der Waals surface area contributed by atoms with Crippen LogP contribution in [0.15, 0.2) is 36.4 Å². The van der Waals surface area contributed by atoms with Gasteiger partial charge in [-0.1, -0.05) is 29.8 Å². The molecule has 1 unspecified atom stereocenters. The van der Waals surface area contributed by atoms with Crippen LogP contribution in [0.25, 0.3) is 0 Å². The van der Waals surface area contributed by atoms with E-state index in [1.165, 1.54) is 0 Å². The molecule has 0 spiro atoms. The van der Waals surface area contributed by atoms with Crippen LogP contribution in [0.3, 0.4) is 0 Å². The zero-order valence-electron chi connectivity index (χ0n) is 11.9. The van der Waals surface area contributed by atoms with E-state index in [1.54, 1.807) is 6.07 Å². The van der Waals surface area contributed by atoms with Crippen LogP contribution in [0, 0.1) is 13.8 Å². The van der Waals surface area contributed by atoms with Crippen LogP contribution in [0.4, 0.5) is 5.69 Å². The minimum Gasteiger partial charge on any atom is -0.480 e. The number of para-hydroxylation sites is 1. The van der Waals surface area contributed by atoms with Gasteiger partial charge in [-0.3, -0.25) is 4.79 Å². The van der Waals surface area contributed by atoms with E-state index in [4.69, 9.17) is 16.3 Å². The monoisotopic (exact) mass is 301 g/mol. The Kier molecular flexibility index (Phi) is 3.60. The van der Waals surface area contributed by atoms with Gasteiger partial charge < -0.3 is 10.1 Å². The molecule has 108 valence electrons. The third-order valence-electron chi connectivity index (χ3n) is 3.72. The highest BCUT2D eigenvalue weighted by molar-refractivity contribution is 6.30. The quantitative estimate of drug-likeness (QED) is 0.913. The Labute approximate surface area is 128 Å². The fraction of sp³-hybridized carbons (Fsp3) is 0.235. The molecule has 0 aromatic heterocycles. The number of nitrogens with one attached hydrogen (secondary N) is 1. The molecular weight excluding hydrogens is 286 g/mol. The van der Waals surface area contributed by atoms with Gasteiger partial charge in [0.2, 0.25) is 0 Å². The van der Waals surface area contributed by atoms with Crippen molar-refractivity contribution >= 4 is 23.2 Å². The summed E-state index contributed by atoms with van der Waals surface area (Å²) in [6.07, 6.45) is 0.0459. The van der Waals surface area contributed by atoms with Gasteiger partial charge in [0.05, 0.1) is 0 Å². The van der Waals surface area contributed by atoms with E-state index in [2.05, 4.69) is 5.32 Å². The molecule has 0 bridgehead atoms. The highest BCUT2D eigenvalue weighted by Gasteiger charge is 2.29. The number of ether oxygens (including phenoxy) is 1. The van der Waals surface area contributed by atoms with E-state index in [0.717, 1.165) is 28.1 Å². The lowest BCUT2D eigenvalue weighted by molar-refractivity contribution is -0.122. The van der Waals surface area contributed by atoms with Crippen LogP contribution in [-0.2, 0) is 11.2 Å². The molecule has 21 heavy (non-hydrogen) atoms. The fourth-order valence-corrected chi connectivity index (χ4v) is 2.77. The van der Waals surface area contributed by atoms with E-state index in [0.29, 0.717) is 11.4 Å². The third-order valence-corrected chi connectivity index (χ3v) is 3.95. The van der Waals surface area contributed by atoms with Crippen molar-refractivity contribution in [3.63, 3.8) is 0 Å². The first-order valence-corrected chi connectivity index (χ1v) is 7.24. The number of rotatable bonds is 2. The number of benzene rings is 2. The van der Waals surface area contributed by atoms with E-state index < -0.39 is 6.10 Å². The number of halogens is 1. The summed E-state index contributed by atoms with van der Waals surface area (Å²) in [4.78, 5) is 12.4. The number of hydrogen-bond donors (Lipinski definition) is 1. The van der Waals surface area contributed by atoms with Gasteiger partial charge in [-0.2, -0.15) is 0 Å². The largest absolute Gasteiger partial charge is 0.480 e. The second-order valence-corrected chi connectivity index (χ2v) is 5.76. The molecule has 0 saturated carbocycles. The maximum absolute atomic E-state index is 12.4. The normalized spacial score (nSPS) is 16.2. The molecular formula is C17H16ClNO2. The maximum Gasteiger partial charge on any atom is 0.265 e. The van der Waals surface area contributed by atoms with Crippen molar-refractivity contribution in [2.45, 2.75) is 26.4 Å². The summed E-state index contributed by atoms with van der Waals surface area (Å²) in [5.41, 5.74) is 3.92. The number of carbonyl (C=O) groups is 1. The molecule has 0 radical (unpaired) electrons. The van der Waals surface area contributed by atoms with Gasteiger partial charge in [-0.25, -0.2) is 0 Å². The summed E-state index contributed by atoms with van der Waals surface area (Å²) < 4.78 is 5.70. The van der Waals surface area contributed by atoms with Gasteiger partial charge in [-0.15, -0.1) is 0 Å². The lowest BCUT2D eigenvalue weighted by Gasteiger charge is -2.15. The van der Waals surface area contributed by atoms with Crippen LogP contribution < -0.4 is 10.1 Å². The first-order valence-electron chi connectivity index (χ1n) is 6.87. The predicted molar refractivity (Wildman–Crippen MR) is 84.1 cm³/mol. The first-order chi connectivity index (χ1) is 10.0. The van der Waals surface area contributed by atoms with E-state index >= 15 is 0 Å². The number of aryl methyl sites for hydroxylation is 2. The third kappa shape index (κ3) is 2.74. The zero-order chi connectivity index (χ0) is 15.0. The van der Waals surface area contributed by atoms with Crippen LogP contribution in [0.5, 0.6) is 5.75 Å². The Hall–Kier alpha value is -2.00. The summed E-state index contributed by atoms with van der Waals surface area (Å²) in [7, 11) is 0. The van der Waals surface area contributed by atoms with Crippen molar-refractivity contribution in [1.29, 1.82) is 0 Å². The first kappa shape index (κ1) is 14.0. The van der Waals surface area contributed by atoms with Crippen LogP contribution in [0.2, 0.25) is 5.02 Å². The van der Waals surface area contributed by atoms with Crippen molar-refractivity contribution in [1.82, 2.24) is 0 Å². The average Bonchev–Trinajstić information content (AvgIpc) is 2.86. The van der Waals surface area contributed by atoms with E-state index in [1.807, 2.05) is 44.2 Å². The van der Waals surface area contributed by atoms with Crippen LogP contribution in [-0.4, -0.2) is 12.0 Å². The molecule has 0 aliphatic carbocycles. The Balaban J connectivity index is 1.76. The summed E-state index contributed by atoms with van der Waals surface area (Å²) in [6, 6.07) is 11.4. The number of hydrogen-bond acceptors (Lipinski definition) is 2. The number of carbonyl (C=O) groups excluding carboxylic acids is 1. The summed E-state index contributed by atoms with van der Waals surface area (Å²) in [5, 5.41) is 3.63. The average molecular weight is 302 g/mol. The zero-order valence-corrected chi connectivity index (χ0v) is 12.7. The molecule has 3 nitrogen and oxygen atoms in total. The highest BCUT2D eigenvalue weighted by Crippen LogP contribution is 2.31. The Bertz CT molecular complexity index is 692. The molecule has 1 aliphatic heterocycles. The second kappa shape index (κ2) is 5.41. The molecule has 1 amide bonds. The SMILES string of the molecule is Cc1cccc(C)c1NC(=O)C1Cc2cc(Cl)ccc2O1. The van der Waals surface area contributed by atoms with Crippen molar-refractivity contribution in [2.24, 2.45) is 0 Å². The van der Waals surface area contributed by atoms with Crippen molar-refractivity contribution < 1.29 is 9.53 Å². The minimum absolute atomic E-state index is 0.125. The second-order valence-electron chi connectivity index (χ2n) is 5.32. The van der Waals surface area contributed by atoms with Gasteiger partial charge in [-0.05, 0) is 48.7 Å². The molecule has 1 N–H and O–H groups in total.